The topological polar surface area (TPSA) is 61.9 Å². The Bertz CT molecular complexity index is 385. The molecule has 1 heterocycles. The highest BCUT2D eigenvalue weighted by Crippen LogP contribution is 2.14. The summed E-state index contributed by atoms with van der Waals surface area (Å²) in [6, 6.07) is -0.525. The monoisotopic (exact) mass is 313 g/mol. The van der Waals surface area contributed by atoms with E-state index in [2.05, 4.69) is 10.2 Å². The van der Waals surface area contributed by atoms with Crippen LogP contribution >= 0.6 is 0 Å². The lowest BCUT2D eigenvalue weighted by atomic mass is 9.97. The molecule has 0 bridgehead atoms. The van der Waals surface area contributed by atoms with Gasteiger partial charge in [-0.05, 0) is 33.7 Å². The van der Waals surface area contributed by atoms with Crippen molar-refractivity contribution in [3.63, 3.8) is 0 Å². The molecule has 0 aromatic heterocycles. The van der Waals surface area contributed by atoms with Crippen molar-refractivity contribution in [3.05, 3.63) is 0 Å². The summed E-state index contributed by atoms with van der Waals surface area (Å²) in [7, 11) is 2.05. The van der Waals surface area contributed by atoms with Gasteiger partial charge in [0.05, 0.1) is 0 Å². The molecule has 1 unspecified atom stereocenters. The Hall–Kier alpha value is -1.30. The molecule has 1 fully saturated rings. The molecule has 6 nitrogen and oxygen atoms in total. The maximum absolute atomic E-state index is 12.7. The fraction of sp³-hybridized carbons (Fsp3) is 0.875. The van der Waals surface area contributed by atoms with Crippen molar-refractivity contribution >= 4 is 12.0 Å². The van der Waals surface area contributed by atoms with Gasteiger partial charge in [-0.3, -0.25) is 4.79 Å². The lowest BCUT2D eigenvalue weighted by molar-refractivity contribution is -0.136. The van der Waals surface area contributed by atoms with Gasteiger partial charge in [0.1, 0.15) is 11.6 Å². The second kappa shape index (κ2) is 7.81. The van der Waals surface area contributed by atoms with Crippen LogP contribution in [0.2, 0.25) is 0 Å². The van der Waals surface area contributed by atoms with Crippen molar-refractivity contribution < 1.29 is 14.3 Å². The van der Waals surface area contributed by atoms with Gasteiger partial charge < -0.3 is 19.9 Å². The van der Waals surface area contributed by atoms with Gasteiger partial charge in [0, 0.05) is 26.2 Å². The van der Waals surface area contributed by atoms with Crippen LogP contribution in [0.25, 0.3) is 0 Å². The van der Waals surface area contributed by atoms with E-state index in [0.29, 0.717) is 13.1 Å². The third-order valence-corrected chi connectivity index (χ3v) is 3.97. The van der Waals surface area contributed by atoms with Crippen molar-refractivity contribution in [1.29, 1.82) is 0 Å². The molecular formula is C16H31N3O3. The normalized spacial score (nSPS) is 19.5. The van der Waals surface area contributed by atoms with Gasteiger partial charge in [0.2, 0.25) is 5.91 Å². The number of amides is 2. The summed E-state index contributed by atoms with van der Waals surface area (Å²) in [6.07, 6.45) is 0.292. The van der Waals surface area contributed by atoms with Crippen LogP contribution < -0.4 is 5.32 Å². The standard InChI is InChI=1S/C16H31N3O3/c1-7-12(2)13(17-15(21)22-16(3,4)5)14(20)19-10-8-18(6)9-11-19/h12-13H,7-11H2,1-6H3,(H,17,21)/t12?,13-/m0/s1. The number of ether oxygens (including phenoxy) is 1. The average Bonchev–Trinajstić information content (AvgIpc) is 2.42. The fourth-order valence-corrected chi connectivity index (χ4v) is 2.34. The van der Waals surface area contributed by atoms with Crippen molar-refractivity contribution in [1.82, 2.24) is 15.1 Å². The predicted octanol–water partition coefficient (Wildman–Crippen LogP) is 1.70. The van der Waals surface area contributed by atoms with Gasteiger partial charge in [-0.2, -0.15) is 0 Å². The van der Waals surface area contributed by atoms with Gasteiger partial charge in [-0.15, -0.1) is 0 Å². The SMILES string of the molecule is CCC(C)[C@H](NC(=O)OC(C)(C)C)C(=O)N1CCN(C)CC1. The van der Waals surface area contributed by atoms with Crippen molar-refractivity contribution in [3.8, 4) is 0 Å². The third kappa shape index (κ3) is 5.83. The van der Waals surface area contributed by atoms with Gasteiger partial charge in [0.15, 0.2) is 0 Å². The first-order valence-corrected chi connectivity index (χ1v) is 8.11. The zero-order valence-electron chi connectivity index (χ0n) is 14.8. The highest BCUT2D eigenvalue weighted by atomic mass is 16.6. The summed E-state index contributed by atoms with van der Waals surface area (Å²) >= 11 is 0. The molecule has 0 aliphatic carbocycles. The number of nitrogens with one attached hydrogen (secondary N) is 1. The van der Waals surface area contributed by atoms with Crippen LogP contribution in [-0.2, 0) is 9.53 Å². The van der Waals surface area contributed by atoms with Gasteiger partial charge in [-0.25, -0.2) is 4.79 Å². The Morgan fingerprint density at radius 3 is 2.18 bits per heavy atom. The molecule has 0 aromatic rings. The van der Waals surface area contributed by atoms with Crippen LogP contribution in [0.15, 0.2) is 0 Å². The highest BCUT2D eigenvalue weighted by Gasteiger charge is 2.32. The van der Waals surface area contributed by atoms with E-state index in [1.165, 1.54) is 0 Å². The number of carbonyl (C=O) groups is 2. The first-order valence-electron chi connectivity index (χ1n) is 8.11. The van der Waals surface area contributed by atoms with Crippen LogP contribution in [0.5, 0.6) is 0 Å². The third-order valence-electron chi connectivity index (χ3n) is 3.97. The highest BCUT2D eigenvalue weighted by molar-refractivity contribution is 5.86. The van der Waals surface area contributed by atoms with E-state index in [-0.39, 0.29) is 11.8 Å². The Morgan fingerprint density at radius 2 is 1.73 bits per heavy atom. The largest absolute Gasteiger partial charge is 0.444 e. The molecule has 1 aliphatic heterocycles. The maximum Gasteiger partial charge on any atom is 0.408 e. The van der Waals surface area contributed by atoms with E-state index in [9.17, 15) is 9.59 Å². The first-order chi connectivity index (χ1) is 10.1. The van der Waals surface area contributed by atoms with E-state index in [1.807, 2.05) is 46.6 Å². The van der Waals surface area contributed by atoms with Crippen LogP contribution in [0.1, 0.15) is 41.0 Å². The van der Waals surface area contributed by atoms with E-state index in [1.54, 1.807) is 0 Å². The molecular weight excluding hydrogens is 282 g/mol. The minimum atomic E-state index is -0.568. The zero-order valence-corrected chi connectivity index (χ0v) is 14.8. The molecule has 2 amide bonds. The molecule has 1 saturated heterocycles. The van der Waals surface area contributed by atoms with Crippen LogP contribution in [0, 0.1) is 5.92 Å². The van der Waals surface area contributed by atoms with Crippen molar-refractivity contribution in [2.24, 2.45) is 5.92 Å². The summed E-state index contributed by atoms with van der Waals surface area (Å²) in [5.74, 6) is 0.0629. The Morgan fingerprint density at radius 1 is 1.18 bits per heavy atom. The maximum atomic E-state index is 12.7. The second-order valence-corrected chi connectivity index (χ2v) is 7.14. The minimum absolute atomic E-state index is 0.00620. The summed E-state index contributed by atoms with van der Waals surface area (Å²) < 4.78 is 5.29. The number of likely N-dealkylation sites (N-methyl/N-ethyl adjacent to an activating group) is 1. The molecule has 0 radical (unpaired) electrons. The number of piperazine rings is 1. The molecule has 0 saturated carbocycles. The van der Waals surface area contributed by atoms with E-state index in [4.69, 9.17) is 4.74 Å². The smallest absolute Gasteiger partial charge is 0.408 e. The number of carbonyl (C=O) groups excluding carboxylic acids is 2. The molecule has 0 spiro atoms. The lowest BCUT2D eigenvalue weighted by Crippen LogP contribution is -2.56. The summed E-state index contributed by atoms with van der Waals surface area (Å²) in [5, 5.41) is 2.77. The van der Waals surface area contributed by atoms with E-state index >= 15 is 0 Å². The zero-order chi connectivity index (χ0) is 16.9. The number of hydrogen-bond donors (Lipinski definition) is 1. The second-order valence-electron chi connectivity index (χ2n) is 7.14. The number of alkyl carbamates (subject to hydrolysis) is 1. The Kier molecular flexibility index (Phi) is 6.66. The van der Waals surface area contributed by atoms with Crippen LogP contribution in [0.3, 0.4) is 0 Å². The Balaban J connectivity index is 2.71. The number of hydrogen-bond acceptors (Lipinski definition) is 4. The fourth-order valence-electron chi connectivity index (χ4n) is 2.34. The molecule has 1 aliphatic rings. The van der Waals surface area contributed by atoms with Gasteiger partial charge >= 0.3 is 6.09 Å². The summed E-state index contributed by atoms with van der Waals surface area (Å²) in [4.78, 5) is 28.8. The molecule has 1 rings (SSSR count). The van der Waals surface area contributed by atoms with Gasteiger partial charge in [-0.1, -0.05) is 20.3 Å². The van der Waals surface area contributed by atoms with E-state index < -0.39 is 17.7 Å². The van der Waals surface area contributed by atoms with Crippen LogP contribution in [0.4, 0.5) is 4.79 Å². The van der Waals surface area contributed by atoms with E-state index in [0.717, 1.165) is 19.5 Å². The number of nitrogens with zero attached hydrogens (tertiary/aromatic N) is 2. The minimum Gasteiger partial charge on any atom is -0.444 e. The molecule has 1 N–H and O–H groups in total. The Labute approximate surface area is 134 Å². The summed E-state index contributed by atoms with van der Waals surface area (Å²) in [6.45, 7) is 12.6. The number of rotatable bonds is 4. The summed E-state index contributed by atoms with van der Waals surface area (Å²) in [5.41, 5.74) is -0.568. The molecule has 0 aromatic carbocycles. The lowest BCUT2D eigenvalue weighted by Gasteiger charge is -2.36. The van der Waals surface area contributed by atoms with Crippen molar-refractivity contribution in [2.75, 3.05) is 33.2 Å². The first kappa shape index (κ1) is 18.7. The predicted molar refractivity (Wildman–Crippen MR) is 86.7 cm³/mol. The average molecular weight is 313 g/mol. The quantitative estimate of drug-likeness (QED) is 0.858. The van der Waals surface area contributed by atoms with Crippen molar-refractivity contribution in [2.45, 2.75) is 52.7 Å². The van der Waals surface area contributed by atoms with Gasteiger partial charge in [0.25, 0.3) is 0 Å². The molecule has 128 valence electrons. The molecule has 6 heteroatoms. The van der Waals surface area contributed by atoms with Crippen LogP contribution in [-0.4, -0.2) is 66.7 Å². The molecule has 2 atom stereocenters. The molecule has 22 heavy (non-hydrogen) atoms.